The van der Waals surface area contributed by atoms with Gasteiger partial charge in [0, 0.05) is 19.3 Å². The number of hydrogen-bond donors (Lipinski definition) is 0. The van der Waals surface area contributed by atoms with Gasteiger partial charge in [0.25, 0.3) is 0 Å². The Balaban J connectivity index is 4.24. The zero-order valence-electron chi connectivity index (χ0n) is 40.4. The molecule has 0 aliphatic heterocycles. The van der Waals surface area contributed by atoms with E-state index in [2.05, 4.69) is 106 Å². The summed E-state index contributed by atoms with van der Waals surface area (Å²) in [4.78, 5) is 37.7. The van der Waals surface area contributed by atoms with Crippen LogP contribution in [-0.4, -0.2) is 37.2 Å². The summed E-state index contributed by atoms with van der Waals surface area (Å²) >= 11 is 0. The molecule has 0 rings (SSSR count). The molecule has 0 bridgehead atoms. The Kier molecular flexibility index (Phi) is 47.5. The first kappa shape index (κ1) is 58.6. The maximum absolute atomic E-state index is 12.7. The smallest absolute Gasteiger partial charge is 0.306 e. The van der Waals surface area contributed by atoms with Crippen LogP contribution in [0.3, 0.4) is 0 Å². The maximum atomic E-state index is 12.7. The van der Waals surface area contributed by atoms with Crippen molar-refractivity contribution < 1.29 is 28.6 Å². The van der Waals surface area contributed by atoms with Crippen LogP contribution in [0.4, 0.5) is 0 Å². The summed E-state index contributed by atoms with van der Waals surface area (Å²) in [6, 6.07) is 0. The van der Waals surface area contributed by atoms with Crippen molar-refractivity contribution in [2.24, 2.45) is 0 Å². The van der Waals surface area contributed by atoms with E-state index >= 15 is 0 Å². The van der Waals surface area contributed by atoms with Gasteiger partial charge in [0.05, 0.1) is 0 Å². The third kappa shape index (κ3) is 47.6. The van der Waals surface area contributed by atoms with E-state index in [1.807, 2.05) is 0 Å². The van der Waals surface area contributed by atoms with Crippen molar-refractivity contribution in [3.63, 3.8) is 0 Å². The fraction of sp³-hybridized carbons (Fsp3) is 0.696. The monoisotopic (exact) mass is 863 g/mol. The van der Waals surface area contributed by atoms with Gasteiger partial charge in [-0.25, -0.2) is 0 Å². The van der Waals surface area contributed by atoms with Crippen molar-refractivity contribution >= 4 is 17.9 Å². The molecule has 0 aromatic carbocycles. The minimum atomic E-state index is -0.785. The molecule has 1 atom stereocenters. The van der Waals surface area contributed by atoms with Crippen molar-refractivity contribution in [3.05, 3.63) is 85.1 Å². The van der Waals surface area contributed by atoms with Crippen LogP contribution in [0, 0.1) is 0 Å². The summed E-state index contributed by atoms with van der Waals surface area (Å²) in [5, 5.41) is 0. The quantitative estimate of drug-likeness (QED) is 0.0263. The lowest BCUT2D eigenvalue weighted by Gasteiger charge is -2.18. The molecule has 1 unspecified atom stereocenters. The number of ether oxygens (including phenoxy) is 3. The standard InChI is InChI=1S/C56H94O6/c1-4-7-10-13-16-18-20-22-24-25-26-27-28-29-30-31-33-34-36-38-40-43-46-49-55(58)61-52-53(51-60-54(57)48-45-42-15-12-9-6-3)62-56(59)50-47-44-41-39-37-35-32-23-21-19-17-14-11-8-5-2/h7,10,16-19,22-24,26-27,29-30,32,53H,4-6,8-9,11-15,20-21,25,28,31,33-52H2,1-3H3/b10-7-,18-16-,19-17-,24-22-,27-26-,30-29-,32-23-. The Morgan fingerprint density at radius 2 is 0.629 bits per heavy atom. The van der Waals surface area contributed by atoms with Crippen molar-refractivity contribution in [1.82, 2.24) is 0 Å². The number of esters is 3. The highest BCUT2D eigenvalue weighted by molar-refractivity contribution is 5.71. The fourth-order valence-corrected chi connectivity index (χ4v) is 6.79. The number of allylic oxidation sites excluding steroid dienone is 14. The Labute approximate surface area is 382 Å². The van der Waals surface area contributed by atoms with Crippen LogP contribution in [0.15, 0.2) is 85.1 Å². The van der Waals surface area contributed by atoms with Gasteiger partial charge < -0.3 is 14.2 Å². The topological polar surface area (TPSA) is 78.9 Å². The largest absolute Gasteiger partial charge is 0.462 e. The van der Waals surface area contributed by atoms with Crippen molar-refractivity contribution in [1.29, 1.82) is 0 Å². The number of carbonyl (C=O) groups excluding carboxylic acids is 3. The average molecular weight is 863 g/mol. The van der Waals surface area contributed by atoms with E-state index in [0.29, 0.717) is 19.3 Å². The highest BCUT2D eigenvalue weighted by Gasteiger charge is 2.19. The molecular formula is C56H94O6. The van der Waals surface area contributed by atoms with E-state index in [-0.39, 0.29) is 31.1 Å². The van der Waals surface area contributed by atoms with E-state index in [1.165, 1.54) is 70.6 Å². The van der Waals surface area contributed by atoms with E-state index in [1.54, 1.807) is 0 Å². The summed E-state index contributed by atoms with van der Waals surface area (Å²) in [5.41, 5.74) is 0. The Morgan fingerprint density at radius 1 is 0.339 bits per heavy atom. The zero-order chi connectivity index (χ0) is 45.1. The highest BCUT2D eigenvalue weighted by Crippen LogP contribution is 2.13. The molecule has 0 aromatic heterocycles. The van der Waals surface area contributed by atoms with Crippen molar-refractivity contribution in [2.75, 3.05) is 13.2 Å². The van der Waals surface area contributed by atoms with Gasteiger partial charge in [-0.2, -0.15) is 0 Å². The van der Waals surface area contributed by atoms with E-state index < -0.39 is 6.10 Å². The molecule has 0 saturated heterocycles. The lowest BCUT2D eigenvalue weighted by Crippen LogP contribution is -2.30. The van der Waals surface area contributed by atoms with E-state index in [9.17, 15) is 14.4 Å². The molecular weight excluding hydrogens is 769 g/mol. The molecule has 0 N–H and O–H groups in total. The minimum absolute atomic E-state index is 0.0864. The van der Waals surface area contributed by atoms with Crippen molar-refractivity contribution in [3.8, 4) is 0 Å². The lowest BCUT2D eigenvalue weighted by molar-refractivity contribution is -0.167. The van der Waals surface area contributed by atoms with Crippen LogP contribution in [0.1, 0.15) is 233 Å². The molecule has 0 aromatic rings. The first-order chi connectivity index (χ1) is 30.5. The van der Waals surface area contributed by atoms with Crippen molar-refractivity contribution in [2.45, 2.75) is 239 Å². The Bertz CT molecular complexity index is 1220. The normalized spacial score (nSPS) is 12.8. The second kappa shape index (κ2) is 50.2. The zero-order valence-corrected chi connectivity index (χ0v) is 40.4. The van der Waals surface area contributed by atoms with Crippen LogP contribution >= 0.6 is 0 Å². The predicted octanol–water partition coefficient (Wildman–Crippen LogP) is 16.8. The number of hydrogen-bond acceptors (Lipinski definition) is 6. The molecule has 62 heavy (non-hydrogen) atoms. The molecule has 0 amide bonds. The first-order valence-electron chi connectivity index (χ1n) is 25.6. The van der Waals surface area contributed by atoms with Crippen LogP contribution in [0.2, 0.25) is 0 Å². The number of carbonyl (C=O) groups is 3. The summed E-state index contributed by atoms with van der Waals surface area (Å²) in [6.45, 7) is 6.41. The van der Waals surface area contributed by atoms with Gasteiger partial charge in [-0.1, -0.05) is 202 Å². The maximum Gasteiger partial charge on any atom is 0.306 e. The van der Waals surface area contributed by atoms with Crippen LogP contribution in [0.5, 0.6) is 0 Å². The Hall–Kier alpha value is -3.41. The third-order valence-corrected chi connectivity index (χ3v) is 10.6. The lowest BCUT2D eigenvalue weighted by atomic mass is 10.1. The highest BCUT2D eigenvalue weighted by atomic mass is 16.6. The number of unbranched alkanes of at least 4 members (excludes halogenated alkanes) is 20. The summed E-state index contributed by atoms with van der Waals surface area (Å²) < 4.78 is 16.7. The molecule has 0 aliphatic carbocycles. The van der Waals surface area contributed by atoms with E-state index in [4.69, 9.17) is 14.2 Å². The SMILES string of the molecule is CC/C=C\C/C=C\C/C=C\C/C=C\C/C=C\CCCCCCCCCC(=O)OCC(COC(=O)CCCCCCCC)OC(=O)CCCCCCC/C=C\C/C=C\CCCCC. The average Bonchev–Trinajstić information content (AvgIpc) is 3.27. The van der Waals surface area contributed by atoms with Gasteiger partial charge in [0.2, 0.25) is 0 Å². The van der Waals surface area contributed by atoms with E-state index in [0.717, 1.165) is 122 Å². The molecule has 0 spiro atoms. The van der Waals surface area contributed by atoms with Crippen LogP contribution in [0.25, 0.3) is 0 Å². The van der Waals surface area contributed by atoms with Gasteiger partial charge >= 0.3 is 17.9 Å². The van der Waals surface area contributed by atoms with Crippen LogP contribution < -0.4 is 0 Å². The summed E-state index contributed by atoms with van der Waals surface area (Å²) in [7, 11) is 0. The minimum Gasteiger partial charge on any atom is -0.462 e. The van der Waals surface area contributed by atoms with Gasteiger partial charge in [0.1, 0.15) is 13.2 Å². The molecule has 0 fully saturated rings. The predicted molar refractivity (Wildman–Crippen MR) is 265 cm³/mol. The third-order valence-electron chi connectivity index (χ3n) is 10.6. The van der Waals surface area contributed by atoms with Gasteiger partial charge in [-0.15, -0.1) is 0 Å². The summed E-state index contributed by atoms with van der Waals surface area (Å²) in [6.07, 6.45) is 64.4. The second-order valence-electron chi connectivity index (χ2n) is 16.7. The molecule has 0 heterocycles. The fourth-order valence-electron chi connectivity index (χ4n) is 6.79. The molecule has 354 valence electrons. The first-order valence-corrected chi connectivity index (χ1v) is 25.6. The van der Waals surface area contributed by atoms with Crippen LogP contribution in [-0.2, 0) is 28.6 Å². The summed E-state index contributed by atoms with van der Waals surface area (Å²) in [5.74, 6) is -0.924. The number of rotatable bonds is 45. The Morgan fingerprint density at radius 3 is 1.02 bits per heavy atom. The van der Waals surface area contributed by atoms with Gasteiger partial charge in [0.15, 0.2) is 6.10 Å². The van der Waals surface area contributed by atoms with Gasteiger partial charge in [-0.05, 0) is 96.3 Å². The molecule has 0 saturated carbocycles. The molecule has 6 nitrogen and oxygen atoms in total. The molecule has 6 heteroatoms. The molecule has 0 aliphatic rings. The molecule has 0 radical (unpaired) electrons. The second-order valence-corrected chi connectivity index (χ2v) is 16.7. The van der Waals surface area contributed by atoms with Gasteiger partial charge in [-0.3, -0.25) is 14.4 Å².